The minimum atomic E-state index is -1.12. The fourth-order valence-corrected chi connectivity index (χ4v) is 6.32. The summed E-state index contributed by atoms with van der Waals surface area (Å²) < 4.78 is 0. The average molecular weight is 781 g/mol. The molecule has 0 bridgehead atoms. The molecule has 0 unspecified atom stereocenters. The largest absolute Gasteiger partial charge is 0.504 e. The fraction of sp³-hybridized carbons (Fsp3) is 0.300. The summed E-state index contributed by atoms with van der Waals surface area (Å²) in [7, 11) is 0. The minimum absolute atomic E-state index is 0.0253. The highest BCUT2D eigenvalue weighted by atomic mass is 16.4. The molecule has 0 heterocycles. The van der Waals surface area contributed by atoms with E-state index >= 15 is 0 Å². The van der Waals surface area contributed by atoms with E-state index in [1.165, 1.54) is 72.8 Å². The Balaban J connectivity index is 0.000000300. The molecule has 0 spiro atoms. The third-order valence-electron chi connectivity index (χ3n) is 9.30. The van der Waals surface area contributed by atoms with Crippen molar-refractivity contribution in [3.8, 4) is 46.0 Å². The molecule has 0 amide bonds. The third-order valence-corrected chi connectivity index (χ3v) is 9.30. The van der Waals surface area contributed by atoms with Gasteiger partial charge in [0, 0.05) is 12.8 Å². The van der Waals surface area contributed by atoms with Crippen LogP contribution in [0.5, 0.6) is 46.0 Å². The summed E-state index contributed by atoms with van der Waals surface area (Å²) in [6, 6.07) is 16.3. The molecule has 0 aliphatic carbocycles. The van der Waals surface area contributed by atoms with Crippen LogP contribution in [-0.2, 0) is 44.9 Å². The lowest BCUT2D eigenvalue weighted by Gasteiger charge is -2.24. The van der Waals surface area contributed by atoms with Crippen LogP contribution in [0.25, 0.3) is 0 Å². The van der Waals surface area contributed by atoms with Crippen LogP contribution in [0.2, 0.25) is 0 Å². The molecule has 16 heteroatoms. The molecule has 0 aliphatic rings. The molecule has 0 aliphatic heterocycles. The highest BCUT2D eigenvalue weighted by Gasteiger charge is 2.31. The topological polar surface area (TPSA) is 311 Å². The molecule has 0 aromatic heterocycles. The number of carbonyl (C=O) groups is 4. The van der Waals surface area contributed by atoms with Crippen molar-refractivity contribution >= 4 is 23.9 Å². The maximum Gasteiger partial charge on any atom is 0.307 e. The molecule has 16 nitrogen and oxygen atoms in total. The highest BCUT2D eigenvalue weighted by Crippen LogP contribution is 2.34. The third kappa shape index (κ3) is 13.2. The van der Waals surface area contributed by atoms with Gasteiger partial charge in [-0.1, -0.05) is 24.3 Å². The van der Waals surface area contributed by atoms with Crippen LogP contribution in [0.1, 0.15) is 47.9 Å². The number of carboxylic acids is 4. The van der Waals surface area contributed by atoms with Gasteiger partial charge < -0.3 is 61.3 Å². The molecule has 56 heavy (non-hydrogen) atoms. The van der Waals surface area contributed by atoms with Crippen molar-refractivity contribution in [3.05, 3.63) is 95.1 Å². The molecule has 4 aromatic rings. The van der Waals surface area contributed by atoms with E-state index in [4.69, 9.17) is 10.2 Å². The lowest BCUT2D eigenvalue weighted by atomic mass is 9.80. The Labute approximate surface area is 320 Å². The molecular weight excluding hydrogens is 736 g/mol. The zero-order valence-corrected chi connectivity index (χ0v) is 29.9. The second kappa shape index (κ2) is 20.0. The van der Waals surface area contributed by atoms with Crippen molar-refractivity contribution in [2.75, 3.05) is 0 Å². The molecule has 4 rings (SSSR count). The highest BCUT2D eigenvalue weighted by molar-refractivity contribution is 5.72. The van der Waals surface area contributed by atoms with Gasteiger partial charge in [-0.2, -0.15) is 0 Å². The number of hydrogen-bond donors (Lipinski definition) is 12. The summed E-state index contributed by atoms with van der Waals surface area (Å²) in [5, 5.41) is 114. The van der Waals surface area contributed by atoms with E-state index in [-0.39, 0.29) is 97.4 Å². The summed E-state index contributed by atoms with van der Waals surface area (Å²) >= 11 is 0. The monoisotopic (exact) mass is 780 g/mol. The summed E-state index contributed by atoms with van der Waals surface area (Å²) in [6.45, 7) is 0. The molecule has 0 saturated carbocycles. The SMILES string of the molecule is O=C(O)CC[C@@H](Cc1ccc(O)c(O)c1)[C@H](Cc1ccc(O)c(O)c1)C(=O)O.O=C(O)CC[C@H](Cc1ccc(O)c(O)c1)[C@@H](Cc1ccc(O)c(O)c1)C(=O)O. The summed E-state index contributed by atoms with van der Waals surface area (Å²) in [6.07, 6.45) is 0.161. The second-order valence-electron chi connectivity index (χ2n) is 13.4. The number of aliphatic carboxylic acids is 4. The van der Waals surface area contributed by atoms with E-state index in [0.29, 0.717) is 22.3 Å². The number of hydrogen-bond acceptors (Lipinski definition) is 12. The van der Waals surface area contributed by atoms with Gasteiger partial charge in [0.1, 0.15) is 0 Å². The molecule has 4 aromatic carbocycles. The Hall–Kier alpha value is -6.84. The molecule has 0 radical (unpaired) electrons. The molecule has 0 saturated heterocycles. The lowest BCUT2D eigenvalue weighted by Crippen LogP contribution is -2.28. The quantitative estimate of drug-likeness (QED) is 0.0594. The molecule has 300 valence electrons. The lowest BCUT2D eigenvalue weighted by molar-refractivity contribution is -0.145. The van der Waals surface area contributed by atoms with Gasteiger partial charge >= 0.3 is 23.9 Å². The second-order valence-corrected chi connectivity index (χ2v) is 13.4. The van der Waals surface area contributed by atoms with Gasteiger partial charge in [0.15, 0.2) is 46.0 Å². The fourth-order valence-electron chi connectivity index (χ4n) is 6.32. The van der Waals surface area contributed by atoms with Crippen LogP contribution in [0.4, 0.5) is 0 Å². The summed E-state index contributed by atoms with van der Waals surface area (Å²) in [5.74, 6) is -10.1. The van der Waals surface area contributed by atoms with Crippen molar-refractivity contribution in [3.63, 3.8) is 0 Å². The first-order chi connectivity index (χ1) is 26.3. The van der Waals surface area contributed by atoms with E-state index in [1.807, 2.05) is 0 Å². The van der Waals surface area contributed by atoms with Gasteiger partial charge in [-0.15, -0.1) is 0 Å². The Kier molecular flexibility index (Phi) is 15.6. The number of rotatable bonds is 18. The van der Waals surface area contributed by atoms with Gasteiger partial charge in [0.05, 0.1) is 11.8 Å². The Bertz CT molecular complexity index is 1870. The van der Waals surface area contributed by atoms with Crippen LogP contribution < -0.4 is 0 Å². The molecule has 4 atom stereocenters. The predicted octanol–water partition coefficient (Wildman–Crippen LogP) is 4.95. The van der Waals surface area contributed by atoms with Crippen molar-refractivity contribution in [1.82, 2.24) is 0 Å². The van der Waals surface area contributed by atoms with Crippen molar-refractivity contribution < 1.29 is 80.5 Å². The zero-order chi connectivity index (χ0) is 41.7. The molecule has 12 N–H and O–H groups in total. The molecule has 0 fully saturated rings. The van der Waals surface area contributed by atoms with E-state index in [9.17, 15) is 70.2 Å². The van der Waals surface area contributed by atoms with Crippen LogP contribution in [0, 0.1) is 23.7 Å². The maximum atomic E-state index is 11.9. The average Bonchev–Trinajstić information content (AvgIpc) is 3.12. The Morgan fingerprint density at radius 2 is 0.625 bits per heavy atom. The number of benzene rings is 4. The standard InChI is InChI=1S/2C20H22O8/c2*21-15-4-1-11(9-17(15)23)7-13(3-6-19(25)26)14(20(27)28)8-12-2-5-16(22)18(24)10-12/h2*1-2,4-5,9-10,13-14,21-24H,3,6-8H2,(H,25,26)(H,27,28)/t2*13-,14-/m10/s1. The first-order valence-corrected chi connectivity index (χ1v) is 17.3. The number of phenolic OH excluding ortho intramolecular Hbond substituents is 8. The van der Waals surface area contributed by atoms with E-state index in [0.717, 1.165) is 0 Å². The van der Waals surface area contributed by atoms with Crippen LogP contribution in [-0.4, -0.2) is 85.2 Å². The van der Waals surface area contributed by atoms with Gasteiger partial charge in [-0.05, 0) is 121 Å². The Morgan fingerprint density at radius 3 is 0.839 bits per heavy atom. The van der Waals surface area contributed by atoms with Crippen molar-refractivity contribution in [2.24, 2.45) is 23.7 Å². The van der Waals surface area contributed by atoms with Gasteiger partial charge in [0.2, 0.25) is 0 Å². The zero-order valence-electron chi connectivity index (χ0n) is 29.9. The van der Waals surface area contributed by atoms with Crippen molar-refractivity contribution in [1.29, 1.82) is 0 Å². The summed E-state index contributed by atoms with van der Waals surface area (Å²) in [5.41, 5.74) is 2.09. The minimum Gasteiger partial charge on any atom is -0.504 e. The van der Waals surface area contributed by atoms with Crippen molar-refractivity contribution in [2.45, 2.75) is 51.4 Å². The van der Waals surface area contributed by atoms with E-state index < -0.39 is 47.5 Å². The molecular formula is C40H44O16. The van der Waals surface area contributed by atoms with Crippen LogP contribution in [0.15, 0.2) is 72.8 Å². The van der Waals surface area contributed by atoms with Gasteiger partial charge in [-0.3, -0.25) is 19.2 Å². The number of carboxylic acid groups (broad SMARTS) is 4. The van der Waals surface area contributed by atoms with E-state index in [2.05, 4.69) is 0 Å². The number of phenols is 8. The first kappa shape index (κ1) is 43.6. The normalized spacial score (nSPS) is 13.0. The van der Waals surface area contributed by atoms with Gasteiger partial charge in [0.25, 0.3) is 0 Å². The number of aromatic hydroxyl groups is 8. The van der Waals surface area contributed by atoms with Gasteiger partial charge in [-0.25, -0.2) is 0 Å². The smallest absolute Gasteiger partial charge is 0.307 e. The van der Waals surface area contributed by atoms with Crippen LogP contribution in [0.3, 0.4) is 0 Å². The van der Waals surface area contributed by atoms with E-state index in [1.54, 1.807) is 0 Å². The maximum absolute atomic E-state index is 11.9. The predicted molar refractivity (Wildman–Crippen MR) is 197 cm³/mol. The first-order valence-electron chi connectivity index (χ1n) is 17.3. The summed E-state index contributed by atoms with van der Waals surface area (Å²) in [4.78, 5) is 45.8. The van der Waals surface area contributed by atoms with Crippen LogP contribution >= 0.6 is 0 Å². The Morgan fingerprint density at radius 1 is 0.375 bits per heavy atom.